The summed E-state index contributed by atoms with van der Waals surface area (Å²) in [5, 5.41) is 3.29. The van der Waals surface area contributed by atoms with Crippen molar-refractivity contribution in [3.8, 4) is 0 Å². The highest BCUT2D eigenvalue weighted by Crippen LogP contribution is 2.28. The van der Waals surface area contributed by atoms with Crippen LogP contribution in [0.2, 0.25) is 0 Å². The first-order chi connectivity index (χ1) is 8.12. The fourth-order valence-corrected chi connectivity index (χ4v) is 2.28. The summed E-state index contributed by atoms with van der Waals surface area (Å²) < 4.78 is 0. The normalized spacial score (nSPS) is 24.5. The predicted octanol–water partition coefficient (Wildman–Crippen LogP) is 1.17. The molecule has 4 heteroatoms. The molecule has 3 N–H and O–H groups in total. The number of aromatic nitrogens is 1. The number of rotatable bonds is 3. The van der Waals surface area contributed by atoms with Crippen LogP contribution in [0.1, 0.15) is 25.3 Å². The molecule has 0 bridgehead atoms. The van der Waals surface area contributed by atoms with Gasteiger partial charge < -0.3 is 11.1 Å². The first-order valence-electron chi connectivity index (χ1n) is 6.05. The van der Waals surface area contributed by atoms with Gasteiger partial charge >= 0.3 is 0 Å². The second-order valence-electron chi connectivity index (χ2n) is 4.99. The summed E-state index contributed by atoms with van der Waals surface area (Å²) in [6.07, 6.45) is 4.05. The summed E-state index contributed by atoms with van der Waals surface area (Å²) >= 11 is 0. The smallest absolute Gasteiger partial charge is 0.144 e. The number of carbonyl (C=O) groups excluding carboxylic acids is 1. The van der Waals surface area contributed by atoms with Crippen LogP contribution in [0.5, 0.6) is 0 Å². The Morgan fingerprint density at radius 3 is 3.12 bits per heavy atom. The number of hydrogen-bond donors (Lipinski definition) is 2. The van der Waals surface area contributed by atoms with Crippen molar-refractivity contribution in [1.82, 2.24) is 10.3 Å². The van der Waals surface area contributed by atoms with Crippen LogP contribution in [0.15, 0.2) is 18.3 Å². The minimum absolute atomic E-state index is 0.249. The molecule has 92 valence electrons. The Bertz CT molecular complexity index is 411. The molecule has 1 aromatic heterocycles. The maximum atomic E-state index is 12.3. The van der Waals surface area contributed by atoms with Crippen molar-refractivity contribution in [2.45, 2.75) is 26.2 Å². The Morgan fingerprint density at radius 2 is 2.47 bits per heavy atom. The summed E-state index contributed by atoms with van der Waals surface area (Å²) in [6.45, 7) is 3.82. The second-order valence-corrected chi connectivity index (χ2v) is 4.99. The van der Waals surface area contributed by atoms with Crippen molar-refractivity contribution in [3.05, 3.63) is 23.9 Å². The zero-order chi connectivity index (χ0) is 12.3. The zero-order valence-corrected chi connectivity index (χ0v) is 10.2. The zero-order valence-electron chi connectivity index (χ0n) is 10.2. The number of pyridine rings is 1. The van der Waals surface area contributed by atoms with Crippen molar-refractivity contribution in [3.63, 3.8) is 0 Å². The molecule has 1 aliphatic rings. The maximum Gasteiger partial charge on any atom is 0.144 e. The molecule has 1 fully saturated rings. The number of nitrogens with zero attached hydrogens (tertiary/aromatic N) is 1. The molecule has 0 saturated carbocycles. The molecule has 4 nitrogen and oxygen atoms in total. The van der Waals surface area contributed by atoms with E-state index in [0.29, 0.717) is 12.2 Å². The third-order valence-corrected chi connectivity index (χ3v) is 3.55. The summed E-state index contributed by atoms with van der Waals surface area (Å²) in [4.78, 5) is 16.3. The SMILES string of the molecule is CC1(C(=O)Cc2cccnc2N)CCCNC1. The number of nitrogens with one attached hydrogen (secondary N) is 1. The van der Waals surface area contributed by atoms with Crippen LogP contribution < -0.4 is 11.1 Å². The first kappa shape index (κ1) is 12.0. The lowest BCUT2D eigenvalue weighted by Crippen LogP contribution is -2.44. The Labute approximate surface area is 102 Å². The van der Waals surface area contributed by atoms with Gasteiger partial charge in [-0.1, -0.05) is 13.0 Å². The van der Waals surface area contributed by atoms with Gasteiger partial charge in [0.05, 0.1) is 0 Å². The minimum Gasteiger partial charge on any atom is -0.383 e. The number of nitrogens with two attached hydrogens (primary N) is 1. The van der Waals surface area contributed by atoms with Crippen LogP contribution in [0.25, 0.3) is 0 Å². The number of nitrogen functional groups attached to an aromatic ring is 1. The van der Waals surface area contributed by atoms with Gasteiger partial charge in [-0.3, -0.25) is 4.79 Å². The molecular weight excluding hydrogens is 214 g/mol. The second kappa shape index (κ2) is 4.84. The van der Waals surface area contributed by atoms with Crippen molar-refractivity contribution in [2.24, 2.45) is 5.41 Å². The Morgan fingerprint density at radius 1 is 1.65 bits per heavy atom. The molecule has 17 heavy (non-hydrogen) atoms. The van der Waals surface area contributed by atoms with Crippen LogP contribution in [0.4, 0.5) is 5.82 Å². The average molecular weight is 233 g/mol. The van der Waals surface area contributed by atoms with Gasteiger partial charge in [-0.15, -0.1) is 0 Å². The van der Waals surface area contributed by atoms with E-state index in [9.17, 15) is 4.79 Å². The molecule has 0 spiro atoms. The number of piperidine rings is 1. The maximum absolute atomic E-state index is 12.3. The van der Waals surface area contributed by atoms with Crippen LogP contribution in [-0.4, -0.2) is 23.9 Å². The minimum atomic E-state index is -0.249. The van der Waals surface area contributed by atoms with Gasteiger partial charge in [0.1, 0.15) is 11.6 Å². The Kier molecular flexibility index (Phi) is 3.43. The van der Waals surface area contributed by atoms with E-state index < -0.39 is 0 Å². The number of hydrogen-bond acceptors (Lipinski definition) is 4. The van der Waals surface area contributed by atoms with Gasteiger partial charge in [0.25, 0.3) is 0 Å². The van der Waals surface area contributed by atoms with Crippen molar-refractivity contribution in [2.75, 3.05) is 18.8 Å². The van der Waals surface area contributed by atoms with Crippen LogP contribution in [0.3, 0.4) is 0 Å². The molecule has 1 unspecified atom stereocenters. The molecule has 1 saturated heterocycles. The summed E-state index contributed by atoms with van der Waals surface area (Å²) in [5.74, 6) is 0.720. The number of Topliss-reactive ketones (excluding diaryl/α,β-unsaturated/α-hetero) is 1. The fraction of sp³-hybridized carbons (Fsp3) is 0.538. The van der Waals surface area contributed by atoms with Crippen LogP contribution in [0, 0.1) is 5.41 Å². The molecular formula is C13H19N3O. The average Bonchev–Trinajstić information content (AvgIpc) is 2.33. The lowest BCUT2D eigenvalue weighted by molar-refractivity contribution is -0.128. The molecule has 1 aliphatic heterocycles. The highest BCUT2D eigenvalue weighted by Gasteiger charge is 2.34. The first-order valence-corrected chi connectivity index (χ1v) is 6.05. The molecule has 1 atom stereocenters. The topological polar surface area (TPSA) is 68.0 Å². The summed E-state index contributed by atoms with van der Waals surface area (Å²) in [5.41, 5.74) is 6.35. The van der Waals surface area contributed by atoms with E-state index in [1.165, 1.54) is 0 Å². The monoisotopic (exact) mass is 233 g/mol. The van der Waals surface area contributed by atoms with Gasteiger partial charge in [-0.25, -0.2) is 4.98 Å². The van der Waals surface area contributed by atoms with Crippen molar-refractivity contribution < 1.29 is 4.79 Å². The van der Waals surface area contributed by atoms with Gasteiger partial charge in [0.2, 0.25) is 0 Å². The molecule has 0 amide bonds. The Hall–Kier alpha value is -1.42. The fourth-order valence-electron chi connectivity index (χ4n) is 2.28. The highest BCUT2D eigenvalue weighted by atomic mass is 16.1. The van der Waals surface area contributed by atoms with E-state index in [0.717, 1.165) is 31.5 Å². The lowest BCUT2D eigenvalue weighted by Gasteiger charge is -2.32. The van der Waals surface area contributed by atoms with Gasteiger partial charge in [-0.05, 0) is 25.5 Å². The van der Waals surface area contributed by atoms with E-state index in [2.05, 4.69) is 10.3 Å². The molecule has 0 aliphatic carbocycles. The van der Waals surface area contributed by atoms with Gasteiger partial charge in [0, 0.05) is 30.1 Å². The van der Waals surface area contributed by atoms with Crippen molar-refractivity contribution in [1.29, 1.82) is 0 Å². The van der Waals surface area contributed by atoms with E-state index >= 15 is 0 Å². The largest absolute Gasteiger partial charge is 0.383 e. The quantitative estimate of drug-likeness (QED) is 0.822. The third kappa shape index (κ3) is 2.64. The van der Waals surface area contributed by atoms with Gasteiger partial charge in [-0.2, -0.15) is 0 Å². The molecule has 2 heterocycles. The van der Waals surface area contributed by atoms with Gasteiger partial charge in [0.15, 0.2) is 0 Å². The standard InChI is InChI=1S/C13H19N3O/c1-13(5-3-6-15-9-13)11(17)8-10-4-2-7-16-12(10)14/h2,4,7,15H,3,5-6,8-9H2,1H3,(H2,14,16). The summed E-state index contributed by atoms with van der Waals surface area (Å²) in [6, 6.07) is 3.69. The molecule has 0 radical (unpaired) electrons. The molecule has 2 rings (SSSR count). The van der Waals surface area contributed by atoms with Crippen LogP contribution >= 0.6 is 0 Å². The van der Waals surface area contributed by atoms with E-state index in [4.69, 9.17) is 5.73 Å². The number of anilines is 1. The number of carbonyl (C=O) groups is 1. The van der Waals surface area contributed by atoms with Crippen LogP contribution in [-0.2, 0) is 11.2 Å². The van der Waals surface area contributed by atoms with E-state index in [-0.39, 0.29) is 11.2 Å². The molecule has 0 aromatic carbocycles. The lowest BCUT2D eigenvalue weighted by atomic mass is 9.77. The van der Waals surface area contributed by atoms with Crippen molar-refractivity contribution >= 4 is 11.6 Å². The predicted molar refractivity (Wildman–Crippen MR) is 67.6 cm³/mol. The van der Waals surface area contributed by atoms with E-state index in [1.807, 2.05) is 19.1 Å². The Balaban J connectivity index is 2.08. The highest BCUT2D eigenvalue weighted by molar-refractivity contribution is 5.87. The summed E-state index contributed by atoms with van der Waals surface area (Å²) in [7, 11) is 0. The molecule has 1 aromatic rings. The third-order valence-electron chi connectivity index (χ3n) is 3.55. The van der Waals surface area contributed by atoms with E-state index in [1.54, 1.807) is 6.20 Å². The number of ketones is 1.